The third-order valence-corrected chi connectivity index (χ3v) is 5.42. The number of carbonyl (C=O) groups excluding carboxylic acids is 2. The molecule has 2 aromatic rings. The van der Waals surface area contributed by atoms with Gasteiger partial charge in [-0.2, -0.15) is 0 Å². The fourth-order valence-electron chi connectivity index (χ4n) is 2.91. The highest BCUT2D eigenvalue weighted by Gasteiger charge is 2.26. The minimum absolute atomic E-state index is 0.0314. The van der Waals surface area contributed by atoms with Crippen LogP contribution >= 0.6 is 11.8 Å². The average molecular weight is 402 g/mol. The van der Waals surface area contributed by atoms with Crippen LogP contribution in [0.1, 0.15) is 29.3 Å². The average Bonchev–Trinajstić information content (AvgIpc) is 2.71. The summed E-state index contributed by atoms with van der Waals surface area (Å²) < 4.78 is 18.4. The molecular weight excluding hydrogens is 379 g/mol. The van der Waals surface area contributed by atoms with E-state index in [1.54, 1.807) is 29.2 Å². The van der Waals surface area contributed by atoms with E-state index in [0.717, 1.165) is 16.9 Å². The molecule has 0 atom stereocenters. The zero-order chi connectivity index (χ0) is 19.9. The molecule has 0 unspecified atom stereocenters. The lowest BCUT2D eigenvalue weighted by Crippen LogP contribution is -2.35. The number of carbonyl (C=O) groups is 2. The number of rotatable bonds is 8. The highest BCUT2D eigenvalue weighted by Crippen LogP contribution is 2.36. The van der Waals surface area contributed by atoms with Crippen LogP contribution in [0.4, 0.5) is 10.1 Å². The van der Waals surface area contributed by atoms with Gasteiger partial charge in [-0.05, 0) is 49.2 Å². The maximum Gasteiger partial charge on any atom is 0.251 e. The fraction of sp³-hybridized carbons (Fsp3) is 0.333. The molecule has 1 heterocycles. The van der Waals surface area contributed by atoms with E-state index in [9.17, 15) is 14.0 Å². The first-order chi connectivity index (χ1) is 13.6. The van der Waals surface area contributed by atoms with Crippen molar-refractivity contribution < 1.29 is 18.7 Å². The van der Waals surface area contributed by atoms with Crippen LogP contribution in [-0.2, 0) is 16.1 Å². The SMILES string of the molecule is CCOCCCNC(=O)c1ccc2c(c1)N(Cc1ccc(F)cc1)C(=O)CS2. The summed E-state index contributed by atoms with van der Waals surface area (Å²) in [6.45, 7) is 4.07. The molecule has 1 N–H and O–H groups in total. The number of hydrogen-bond acceptors (Lipinski definition) is 4. The molecule has 0 aromatic heterocycles. The molecule has 28 heavy (non-hydrogen) atoms. The minimum Gasteiger partial charge on any atom is -0.382 e. The van der Waals surface area contributed by atoms with Gasteiger partial charge in [0.05, 0.1) is 18.0 Å². The van der Waals surface area contributed by atoms with E-state index in [-0.39, 0.29) is 17.6 Å². The number of amides is 2. The predicted octanol–water partition coefficient (Wildman–Crippen LogP) is 3.62. The summed E-state index contributed by atoms with van der Waals surface area (Å²) in [4.78, 5) is 27.6. The maximum absolute atomic E-state index is 13.2. The molecule has 148 valence electrons. The van der Waals surface area contributed by atoms with Gasteiger partial charge in [0, 0.05) is 30.2 Å². The number of fused-ring (bicyclic) bond motifs is 1. The number of ether oxygens (including phenoxy) is 1. The van der Waals surface area contributed by atoms with E-state index in [2.05, 4.69) is 5.32 Å². The molecule has 7 heteroatoms. The molecule has 0 fully saturated rings. The van der Waals surface area contributed by atoms with Crippen LogP contribution in [0.5, 0.6) is 0 Å². The number of anilines is 1. The molecule has 5 nitrogen and oxygen atoms in total. The third-order valence-electron chi connectivity index (χ3n) is 4.37. The second-order valence-electron chi connectivity index (χ2n) is 6.38. The summed E-state index contributed by atoms with van der Waals surface area (Å²) >= 11 is 1.46. The Hall–Kier alpha value is -2.38. The monoisotopic (exact) mass is 402 g/mol. The van der Waals surface area contributed by atoms with Gasteiger partial charge in [-0.3, -0.25) is 9.59 Å². The van der Waals surface area contributed by atoms with Crippen LogP contribution in [0.25, 0.3) is 0 Å². The smallest absolute Gasteiger partial charge is 0.251 e. The molecule has 1 aliphatic rings. The van der Waals surface area contributed by atoms with Gasteiger partial charge in [0.1, 0.15) is 5.82 Å². The Kier molecular flexibility index (Phi) is 7.06. The standard InChI is InChI=1S/C21H23FN2O3S/c1-2-27-11-3-10-23-21(26)16-6-9-19-18(12-16)24(20(25)14-28-19)13-15-4-7-17(22)8-5-15/h4-9,12H,2-3,10-11,13-14H2,1H3,(H,23,26). The second-order valence-corrected chi connectivity index (χ2v) is 7.40. The Morgan fingerprint density at radius 2 is 2.04 bits per heavy atom. The van der Waals surface area contributed by atoms with Gasteiger partial charge in [-0.25, -0.2) is 4.39 Å². The molecule has 1 aliphatic heterocycles. The van der Waals surface area contributed by atoms with Crippen LogP contribution in [0.15, 0.2) is 47.4 Å². The maximum atomic E-state index is 13.2. The Morgan fingerprint density at radius 3 is 2.79 bits per heavy atom. The Labute approximate surface area is 168 Å². The van der Waals surface area contributed by atoms with Crippen LogP contribution in [-0.4, -0.2) is 37.3 Å². The van der Waals surface area contributed by atoms with Gasteiger partial charge in [0.15, 0.2) is 0 Å². The van der Waals surface area contributed by atoms with Crippen molar-refractivity contribution in [3.05, 3.63) is 59.4 Å². The first-order valence-corrected chi connectivity index (χ1v) is 10.2. The van der Waals surface area contributed by atoms with Gasteiger partial charge in [0.25, 0.3) is 5.91 Å². The molecule has 2 aromatic carbocycles. The Morgan fingerprint density at radius 1 is 1.25 bits per heavy atom. The number of nitrogens with zero attached hydrogens (tertiary/aromatic N) is 1. The fourth-order valence-corrected chi connectivity index (χ4v) is 3.83. The summed E-state index contributed by atoms with van der Waals surface area (Å²) in [6.07, 6.45) is 0.746. The number of hydrogen-bond donors (Lipinski definition) is 1. The van der Waals surface area contributed by atoms with Crippen LogP contribution in [0.2, 0.25) is 0 Å². The van der Waals surface area contributed by atoms with Gasteiger partial charge in [0.2, 0.25) is 5.91 Å². The van der Waals surface area contributed by atoms with Crippen LogP contribution < -0.4 is 10.2 Å². The van der Waals surface area contributed by atoms with Crippen molar-refractivity contribution in [2.75, 3.05) is 30.4 Å². The van der Waals surface area contributed by atoms with Crippen molar-refractivity contribution in [2.24, 2.45) is 0 Å². The Bertz CT molecular complexity index is 842. The predicted molar refractivity (Wildman–Crippen MR) is 108 cm³/mol. The summed E-state index contributed by atoms with van der Waals surface area (Å²) in [7, 11) is 0. The number of nitrogens with one attached hydrogen (secondary N) is 1. The first kappa shape index (κ1) is 20.4. The van der Waals surface area contributed by atoms with Crippen molar-refractivity contribution in [1.82, 2.24) is 5.32 Å². The van der Waals surface area contributed by atoms with Gasteiger partial charge < -0.3 is 15.0 Å². The molecule has 0 spiro atoms. The number of thioether (sulfide) groups is 1. The van der Waals surface area contributed by atoms with E-state index < -0.39 is 0 Å². The third kappa shape index (κ3) is 5.11. The zero-order valence-electron chi connectivity index (χ0n) is 15.7. The van der Waals surface area contributed by atoms with E-state index in [4.69, 9.17) is 4.74 Å². The normalized spacial score (nSPS) is 13.4. The molecule has 0 radical (unpaired) electrons. The molecule has 0 aliphatic carbocycles. The van der Waals surface area contributed by atoms with Gasteiger partial charge in [-0.15, -0.1) is 11.8 Å². The van der Waals surface area contributed by atoms with Crippen molar-refractivity contribution >= 4 is 29.3 Å². The molecule has 3 rings (SSSR count). The topological polar surface area (TPSA) is 58.6 Å². The summed E-state index contributed by atoms with van der Waals surface area (Å²) in [5.41, 5.74) is 2.06. The lowest BCUT2D eigenvalue weighted by Gasteiger charge is -2.29. The van der Waals surface area contributed by atoms with E-state index >= 15 is 0 Å². The summed E-state index contributed by atoms with van der Waals surface area (Å²) in [6, 6.07) is 11.5. The Balaban J connectivity index is 1.73. The van der Waals surface area contributed by atoms with E-state index in [1.807, 2.05) is 13.0 Å². The van der Waals surface area contributed by atoms with Crippen molar-refractivity contribution in [2.45, 2.75) is 24.8 Å². The lowest BCUT2D eigenvalue weighted by molar-refractivity contribution is -0.116. The number of halogens is 1. The molecule has 0 saturated heterocycles. The largest absolute Gasteiger partial charge is 0.382 e. The van der Waals surface area contributed by atoms with E-state index in [0.29, 0.717) is 43.3 Å². The van der Waals surface area contributed by atoms with Gasteiger partial charge >= 0.3 is 0 Å². The highest BCUT2D eigenvalue weighted by molar-refractivity contribution is 8.00. The number of benzene rings is 2. The highest BCUT2D eigenvalue weighted by atomic mass is 32.2. The first-order valence-electron chi connectivity index (χ1n) is 9.26. The van der Waals surface area contributed by atoms with Crippen LogP contribution in [0, 0.1) is 5.82 Å². The quantitative estimate of drug-likeness (QED) is 0.685. The lowest BCUT2D eigenvalue weighted by atomic mass is 10.1. The summed E-state index contributed by atoms with van der Waals surface area (Å²) in [5, 5.41) is 2.88. The molecular formula is C21H23FN2O3S. The zero-order valence-corrected chi connectivity index (χ0v) is 16.6. The van der Waals surface area contributed by atoms with Crippen molar-refractivity contribution in [3.63, 3.8) is 0 Å². The summed E-state index contributed by atoms with van der Waals surface area (Å²) in [5.74, 6) is -0.176. The van der Waals surface area contributed by atoms with Crippen molar-refractivity contribution in [3.8, 4) is 0 Å². The van der Waals surface area contributed by atoms with Crippen LogP contribution in [0.3, 0.4) is 0 Å². The molecule has 0 bridgehead atoms. The molecule has 0 saturated carbocycles. The minimum atomic E-state index is -0.312. The van der Waals surface area contributed by atoms with Gasteiger partial charge in [-0.1, -0.05) is 12.1 Å². The van der Waals surface area contributed by atoms with E-state index in [1.165, 1.54) is 23.9 Å². The van der Waals surface area contributed by atoms with Crippen molar-refractivity contribution in [1.29, 1.82) is 0 Å². The second kappa shape index (κ2) is 9.71. The molecule has 2 amide bonds.